The zero-order chi connectivity index (χ0) is 11.3. The molecular weight excluding hydrogens is 249 g/mol. The number of rotatable bonds is 1. The first-order valence-electron chi connectivity index (χ1n) is 3.19. The molecule has 0 saturated carbocycles. The molecule has 1 aromatic rings. The van der Waals surface area contributed by atoms with E-state index in [0.717, 1.165) is 0 Å². The van der Waals surface area contributed by atoms with E-state index in [1.807, 2.05) is 0 Å². The summed E-state index contributed by atoms with van der Waals surface area (Å²) in [5.74, 6) is 0. The van der Waals surface area contributed by atoms with Crippen LogP contribution in [0, 0.1) is 0 Å². The van der Waals surface area contributed by atoms with Crippen LogP contribution in [0.3, 0.4) is 0 Å². The lowest BCUT2D eigenvalue weighted by atomic mass is 10.3. The average molecular weight is 254 g/mol. The van der Waals surface area contributed by atoms with Crippen molar-refractivity contribution in [2.75, 3.05) is 5.73 Å². The van der Waals surface area contributed by atoms with E-state index in [-0.39, 0.29) is 17.8 Å². The predicted octanol–water partition coefficient (Wildman–Crippen LogP) is 4.58. The predicted molar refractivity (Wildman–Crippen MR) is 47.3 cm³/mol. The maximum atomic E-state index is 12.2. The molecule has 1 nitrogen and oxygen atoms in total. The van der Waals surface area contributed by atoms with E-state index < -0.39 is 20.1 Å². The molecule has 0 heterocycles. The van der Waals surface area contributed by atoms with Crippen LogP contribution in [0.25, 0.3) is 0 Å². The molecule has 0 atom stereocenters. The Kier molecular flexibility index (Phi) is 1.85. The third-order valence-corrected chi connectivity index (χ3v) is 2.89. The van der Waals surface area contributed by atoms with Crippen LogP contribution in [-0.4, -0.2) is 0 Å². The Hall–Kier alpha value is -0.690. The molecule has 0 spiro atoms. The summed E-state index contributed by atoms with van der Waals surface area (Å²) in [4.78, 5) is -2.04. The molecule has 0 fully saturated rings. The van der Waals surface area contributed by atoms with E-state index in [2.05, 4.69) is 0 Å². The van der Waals surface area contributed by atoms with Crippen LogP contribution in [-0.2, 0) is 0 Å². The number of hydrogen-bond acceptors (Lipinski definition) is 1. The zero-order valence-corrected chi connectivity index (χ0v) is 8.06. The molecule has 2 N–H and O–H groups in total. The van der Waals surface area contributed by atoms with Gasteiger partial charge in [-0.2, -0.15) is 0 Å². The van der Waals surface area contributed by atoms with Crippen LogP contribution >= 0.6 is 21.8 Å². The third-order valence-electron chi connectivity index (χ3n) is 1.42. The van der Waals surface area contributed by atoms with Crippen molar-refractivity contribution in [1.29, 1.82) is 0 Å². The van der Waals surface area contributed by atoms with Crippen molar-refractivity contribution in [3.05, 3.63) is 23.2 Å². The largest absolute Gasteiger partial charge is 0.398 e. The fourth-order valence-electron chi connectivity index (χ4n) is 0.748. The molecule has 0 aliphatic rings. The Morgan fingerprint density at radius 1 is 1.07 bits per heavy atom. The van der Waals surface area contributed by atoms with Crippen molar-refractivity contribution in [3.63, 3.8) is 0 Å². The number of anilines is 1. The third kappa shape index (κ3) is 2.42. The summed E-state index contributed by atoms with van der Waals surface area (Å²) in [6.45, 7) is 0. The SMILES string of the molecule is Nc1ccc(S(F)(F)(F)(F)F)cc1Cl. The molecule has 0 unspecified atom stereocenters. The Balaban J connectivity index is 3.45. The van der Waals surface area contributed by atoms with Crippen LogP contribution in [0.5, 0.6) is 0 Å². The quantitative estimate of drug-likeness (QED) is 0.575. The van der Waals surface area contributed by atoms with Gasteiger partial charge in [0.1, 0.15) is 4.90 Å². The normalized spacial score (nSPS) is 17.3. The monoisotopic (exact) mass is 253 g/mol. The van der Waals surface area contributed by atoms with Gasteiger partial charge in [-0.15, -0.1) is 0 Å². The van der Waals surface area contributed by atoms with E-state index in [9.17, 15) is 19.4 Å². The van der Waals surface area contributed by atoms with E-state index in [4.69, 9.17) is 17.3 Å². The number of halogens is 6. The highest BCUT2D eigenvalue weighted by molar-refractivity contribution is 8.45. The van der Waals surface area contributed by atoms with Gasteiger partial charge in [0, 0.05) is 0 Å². The zero-order valence-electron chi connectivity index (χ0n) is 6.49. The number of hydrogen-bond donors (Lipinski definition) is 1. The maximum absolute atomic E-state index is 12.2. The van der Waals surface area contributed by atoms with Gasteiger partial charge in [0.25, 0.3) is 0 Å². The molecule has 0 amide bonds. The van der Waals surface area contributed by atoms with Gasteiger partial charge in [-0.1, -0.05) is 31.0 Å². The Morgan fingerprint density at radius 3 is 1.93 bits per heavy atom. The number of benzene rings is 1. The molecule has 0 bridgehead atoms. The summed E-state index contributed by atoms with van der Waals surface area (Å²) in [6.07, 6.45) is 0. The van der Waals surface area contributed by atoms with Crippen LogP contribution in [0.15, 0.2) is 23.1 Å². The molecule has 82 valence electrons. The van der Waals surface area contributed by atoms with Crippen LogP contribution in [0.2, 0.25) is 5.02 Å². The number of nitrogens with two attached hydrogens (primary N) is 1. The maximum Gasteiger partial charge on any atom is 0.310 e. The summed E-state index contributed by atoms with van der Waals surface area (Å²) in [5.41, 5.74) is 4.90. The van der Waals surface area contributed by atoms with Crippen LogP contribution in [0.4, 0.5) is 25.1 Å². The second-order valence-corrected chi connectivity index (χ2v) is 5.47. The van der Waals surface area contributed by atoms with Crippen molar-refractivity contribution in [2.24, 2.45) is 0 Å². The fraction of sp³-hybridized carbons (Fsp3) is 0. The minimum atomic E-state index is -9.63. The first-order chi connectivity index (χ1) is 5.90. The Labute approximate surface area is 81.4 Å². The molecule has 0 aromatic heterocycles. The highest BCUT2D eigenvalue weighted by Crippen LogP contribution is 3.02. The minimum Gasteiger partial charge on any atom is -0.398 e. The lowest BCUT2D eigenvalue weighted by Gasteiger charge is -2.40. The van der Waals surface area contributed by atoms with Gasteiger partial charge < -0.3 is 5.73 Å². The highest BCUT2D eigenvalue weighted by Gasteiger charge is 2.65. The molecule has 0 saturated heterocycles. The van der Waals surface area contributed by atoms with Crippen molar-refractivity contribution in [2.45, 2.75) is 4.90 Å². The van der Waals surface area contributed by atoms with Gasteiger partial charge in [0.2, 0.25) is 0 Å². The average Bonchev–Trinajstić information content (AvgIpc) is 1.89. The summed E-state index contributed by atoms with van der Waals surface area (Å²) in [6, 6.07) is 1.02. The highest BCUT2D eigenvalue weighted by atomic mass is 35.5. The molecule has 0 aliphatic heterocycles. The summed E-state index contributed by atoms with van der Waals surface area (Å²) in [7, 11) is -9.63. The molecule has 1 aromatic carbocycles. The summed E-state index contributed by atoms with van der Waals surface area (Å²) in [5, 5.41) is -0.546. The van der Waals surface area contributed by atoms with E-state index in [1.165, 1.54) is 0 Å². The summed E-state index contributed by atoms with van der Waals surface area (Å²) >= 11 is 5.20. The standard InChI is InChI=1S/C6H5ClF5NS/c7-5-3-4(1-2-6(5)13)14(8,9,10,11)12/h1-3H,13H2. The first kappa shape index (κ1) is 11.4. The van der Waals surface area contributed by atoms with Gasteiger partial charge in [0.05, 0.1) is 10.7 Å². The topological polar surface area (TPSA) is 26.0 Å². The second-order valence-electron chi connectivity index (χ2n) is 2.65. The van der Waals surface area contributed by atoms with Gasteiger partial charge in [-0.05, 0) is 18.2 Å². The Bertz CT molecular complexity index is 386. The smallest absolute Gasteiger partial charge is 0.310 e. The Morgan fingerprint density at radius 2 is 1.57 bits per heavy atom. The molecular formula is C6H5ClF5NS. The van der Waals surface area contributed by atoms with E-state index >= 15 is 0 Å². The van der Waals surface area contributed by atoms with Gasteiger partial charge in [0.15, 0.2) is 0 Å². The second kappa shape index (κ2) is 2.27. The number of nitrogen functional groups attached to an aromatic ring is 1. The fourth-order valence-corrected chi connectivity index (χ4v) is 1.66. The van der Waals surface area contributed by atoms with Crippen LogP contribution < -0.4 is 5.73 Å². The van der Waals surface area contributed by atoms with Crippen molar-refractivity contribution < 1.29 is 19.4 Å². The lowest BCUT2D eigenvalue weighted by Crippen LogP contribution is -2.06. The van der Waals surface area contributed by atoms with E-state index in [0.29, 0.717) is 6.07 Å². The van der Waals surface area contributed by atoms with Gasteiger partial charge >= 0.3 is 10.2 Å². The van der Waals surface area contributed by atoms with Gasteiger partial charge in [-0.3, -0.25) is 0 Å². The molecule has 0 aliphatic carbocycles. The molecule has 1 rings (SSSR count). The van der Waals surface area contributed by atoms with E-state index in [1.54, 1.807) is 0 Å². The van der Waals surface area contributed by atoms with Gasteiger partial charge in [-0.25, -0.2) is 0 Å². The first-order valence-corrected chi connectivity index (χ1v) is 5.52. The molecule has 14 heavy (non-hydrogen) atoms. The minimum absolute atomic E-state index is 0.123. The molecule has 0 radical (unpaired) electrons. The summed E-state index contributed by atoms with van der Waals surface area (Å²) < 4.78 is 60.8. The molecule has 8 heteroatoms. The van der Waals surface area contributed by atoms with Crippen molar-refractivity contribution >= 4 is 27.5 Å². The van der Waals surface area contributed by atoms with Crippen molar-refractivity contribution in [1.82, 2.24) is 0 Å². The van der Waals surface area contributed by atoms with Crippen molar-refractivity contribution in [3.8, 4) is 0 Å². The lowest BCUT2D eigenvalue weighted by molar-refractivity contribution is 0.364. The van der Waals surface area contributed by atoms with Crippen LogP contribution in [0.1, 0.15) is 0 Å².